The Labute approximate surface area is 164 Å². The second-order valence-corrected chi connectivity index (χ2v) is 7.10. The van der Waals surface area contributed by atoms with Gasteiger partial charge in [-0.1, -0.05) is 36.4 Å². The van der Waals surface area contributed by atoms with Crippen LogP contribution >= 0.6 is 0 Å². The maximum Gasteiger partial charge on any atom is 0.231 e. The fourth-order valence-corrected chi connectivity index (χ4v) is 3.83. The van der Waals surface area contributed by atoms with Crippen molar-refractivity contribution >= 4 is 5.91 Å². The number of aryl methyl sites for hydroxylation is 1. The Morgan fingerprint density at radius 1 is 1.14 bits per heavy atom. The minimum Gasteiger partial charge on any atom is -0.381 e. The number of rotatable bonds is 5. The molecule has 0 bridgehead atoms. The first-order valence-electron chi connectivity index (χ1n) is 9.55. The third-order valence-corrected chi connectivity index (χ3v) is 5.40. The van der Waals surface area contributed by atoms with Crippen molar-refractivity contribution in [1.29, 1.82) is 0 Å². The SMILES string of the molecule is Cn1nc(CNC(=O)C2(c3ccccc3)CCOCC2)cc1-c1ccccn1. The topological polar surface area (TPSA) is 69.0 Å². The molecule has 6 heteroatoms. The van der Waals surface area contributed by atoms with Crippen LogP contribution in [-0.2, 0) is 28.5 Å². The van der Waals surface area contributed by atoms with Gasteiger partial charge >= 0.3 is 0 Å². The Hall–Kier alpha value is -2.99. The number of nitrogens with zero attached hydrogens (tertiary/aromatic N) is 3. The van der Waals surface area contributed by atoms with Crippen LogP contribution in [0.15, 0.2) is 60.8 Å². The van der Waals surface area contributed by atoms with Crippen molar-refractivity contribution < 1.29 is 9.53 Å². The number of ether oxygens (including phenoxy) is 1. The summed E-state index contributed by atoms with van der Waals surface area (Å²) in [6.45, 7) is 1.57. The van der Waals surface area contributed by atoms with Crippen LogP contribution in [0.1, 0.15) is 24.1 Å². The highest BCUT2D eigenvalue weighted by atomic mass is 16.5. The molecule has 1 amide bonds. The van der Waals surface area contributed by atoms with Crippen LogP contribution < -0.4 is 5.32 Å². The van der Waals surface area contributed by atoms with Crippen LogP contribution in [0.5, 0.6) is 0 Å². The van der Waals surface area contributed by atoms with E-state index in [1.165, 1.54) is 0 Å². The van der Waals surface area contributed by atoms with E-state index in [4.69, 9.17) is 4.74 Å². The van der Waals surface area contributed by atoms with E-state index in [2.05, 4.69) is 15.4 Å². The van der Waals surface area contributed by atoms with Crippen molar-refractivity contribution in [2.45, 2.75) is 24.8 Å². The fraction of sp³-hybridized carbons (Fsp3) is 0.318. The van der Waals surface area contributed by atoms with Crippen LogP contribution in [0.2, 0.25) is 0 Å². The molecule has 1 N–H and O–H groups in total. The second-order valence-electron chi connectivity index (χ2n) is 7.10. The van der Waals surface area contributed by atoms with Gasteiger partial charge in [-0.25, -0.2) is 0 Å². The lowest BCUT2D eigenvalue weighted by Gasteiger charge is -2.36. The van der Waals surface area contributed by atoms with Crippen LogP contribution in [0.3, 0.4) is 0 Å². The van der Waals surface area contributed by atoms with Gasteiger partial charge in [-0.2, -0.15) is 5.10 Å². The Bertz CT molecular complexity index is 932. The zero-order valence-electron chi connectivity index (χ0n) is 16.0. The summed E-state index contributed by atoms with van der Waals surface area (Å²) in [4.78, 5) is 17.6. The van der Waals surface area contributed by atoms with Gasteiger partial charge in [0.15, 0.2) is 0 Å². The molecule has 3 heterocycles. The number of aromatic nitrogens is 3. The molecule has 0 spiro atoms. The molecule has 0 atom stereocenters. The molecular weight excluding hydrogens is 352 g/mol. The van der Waals surface area contributed by atoms with Gasteiger partial charge in [0.25, 0.3) is 0 Å². The van der Waals surface area contributed by atoms with Gasteiger partial charge in [-0.05, 0) is 36.6 Å². The molecule has 0 unspecified atom stereocenters. The van der Waals surface area contributed by atoms with E-state index in [-0.39, 0.29) is 5.91 Å². The molecule has 6 nitrogen and oxygen atoms in total. The number of benzene rings is 1. The van der Waals surface area contributed by atoms with Crippen molar-refractivity contribution in [3.8, 4) is 11.4 Å². The molecule has 1 aliphatic rings. The summed E-state index contributed by atoms with van der Waals surface area (Å²) >= 11 is 0. The molecule has 0 aliphatic carbocycles. The molecule has 1 aliphatic heterocycles. The first-order chi connectivity index (χ1) is 13.7. The van der Waals surface area contributed by atoms with Gasteiger partial charge in [0.2, 0.25) is 5.91 Å². The predicted octanol–water partition coefficient (Wildman–Crippen LogP) is 2.85. The summed E-state index contributed by atoms with van der Waals surface area (Å²) in [5.74, 6) is 0.0343. The lowest BCUT2D eigenvalue weighted by Crippen LogP contribution is -2.47. The fourth-order valence-electron chi connectivity index (χ4n) is 3.83. The van der Waals surface area contributed by atoms with Gasteiger partial charge in [0.05, 0.1) is 29.0 Å². The first-order valence-corrected chi connectivity index (χ1v) is 9.55. The van der Waals surface area contributed by atoms with Crippen molar-refractivity contribution in [2.24, 2.45) is 7.05 Å². The predicted molar refractivity (Wildman–Crippen MR) is 106 cm³/mol. The number of nitrogens with one attached hydrogen (secondary N) is 1. The zero-order chi connectivity index (χ0) is 19.4. The van der Waals surface area contributed by atoms with Gasteiger partial charge in [-0.3, -0.25) is 14.5 Å². The number of hydrogen-bond donors (Lipinski definition) is 1. The average Bonchev–Trinajstić information content (AvgIpc) is 3.14. The number of hydrogen-bond acceptors (Lipinski definition) is 4. The number of amides is 1. The molecule has 0 radical (unpaired) electrons. The Morgan fingerprint density at radius 3 is 2.61 bits per heavy atom. The van der Waals surface area contributed by atoms with Crippen LogP contribution in [-0.4, -0.2) is 33.9 Å². The lowest BCUT2D eigenvalue weighted by molar-refractivity contribution is -0.130. The van der Waals surface area contributed by atoms with E-state index >= 15 is 0 Å². The van der Waals surface area contributed by atoms with Crippen molar-refractivity contribution in [2.75, 3.05) is 13.2 Å². The largest absolute Gasteiger partial charge is 0.381 e. The van der Waals surface area contributed by atoms with E-state index in [0.717, 1.165) is 22.6 Å². The third kappa shape index (κ3) is 3.55. The molecule has 1 saturated heterocycles. The molecule has 4 rings (SSSR count). The highest BCUT2D eigenvalue weighted by molar-refractivity contribution is 5.88. The minimum absolute atomic E-state index is 0.0343. The number of carbonyl (C=O) groups excluding carboxylic acids is 1. The molecule has 28 heavy (non-hydrogen) atoms. The smallest absolute Gasteiger partial charge is 0.231 e. The quantitative estimate of drug-likeness (QED) is 0.743. The first kappa shape index (κ1) is 18.4. The average molecular weight is 376 g/mol. The summed E-state index contributed by atoms with van der Waals surface area (Å²) in [7, 11) is 1.89. The summed E-state index contributed by atoms with van der Waals surface area (Å²) in [5.41, 5.74) is 3.10. The number of pyridine rings is 1. The van der Waals surface area contributed by atoms with Crippen LogP contribution in [0, 0.1) is 0 Å². The van der Waals surface area contributed by atoms with E-state index in [0.29, 0.717) is 32.6 Å². The summed E-state index contributed by atoms with van der Waals surface area (Å²) in [5, 5.41) is 7.65. The van der Waals surface area contributed by atoms with E-state index in [9.17, 15) is 4.79 Å². The van der Waals surface area contributed by atoms with Crippen LogP contribution in [0.25, 0.3) is 11.4 Å². The lowest BCUT2D eigenvalue weighted by atomic mass is 9.73. The molecule has 144 valence electrons. The van der Waals surface area contributed by atoms with Gasteiger partial charge in [-0.15, -0.1) is 0 Å². The summed E-state index contributed by atoms with van der Waals surface area (Å²) in [6, 6.07) is 17.8. The Balaban J connectivity index is 1.52. The number of carbonyl (C=O) groups is 1. The minimum atomic E-state index is -0.544. The van der Waals surface area contributed by atoms with E-state index in [1.807, 2.05) is 61.6 Å². The Kier molecular flexibility index (Phi) is 5.21. The van der Waals surface area contributed by atoms with Gasteiger partial charge < -0.3 is 10.1 Å². The van der Waals surface area contributed by atoms with Gasteiger partial charge in [0.1, 0.15) is 0 Å². The third-order valence-electron chi connectivity index (χ3n) is 5.40. The molecule has 3 aromatic rings. The van der Waals surface area contributed by atoms with Crippen LogP contribution in [0.4, 0.5) is 0 Å². The second kappa shape index (κ2) is 7.94. The van der Waals surface area contributed by atoms with E-state index < -0.39 is 5.41 Å². The molecule has 1 aromatic carbocycles. The monoisotopic (exact) mass is 376 g/mol. The van der Waals surface area contributed by atoms with E-state index in [1.54, 1.807) is 10.9 Å². The van der Waals surface area contributed by atoms with Crippen molar-refractivity contribution in [3.63, 3.8) is 0 Å². The summed E-state index contributed by atoms with van der Waals surface area (Å²) < 4.78 is 7.32. The maximum atomic E-state index is 13.2. The zero-order valence-corrected chi connectivity index (χ0v) is 16.0. The highest BCUT2D eigenvalue weighted by Crippen LogP contribution is 2.35. The molecule has 2 aromatic heterocycles. The molecular formula is C22H24N4O2. The summed E-state index contributed by atoms with van der Waals surface area (Å²) in [6.07, 6.45) is 3.13. The Morgan fingerprint density at radius 2 is 1.89 bits per heavy atom. The normalized spacial score (nSPS) is 15.9. The van der Waals surface area contributed by atoms with Crippen molar-refractivity contribution in [3.05, 3.63) is 72.1 Å². The maximum absolute atomic E-state index is 13.2. The standard InChI is InChI=1S/C22H24N4O2/c1-26-20(19-9-5-6-12-23-19)15-18(25-26)16-24-21(27)22(10-13-28-14-11-22)17-7-3-2-4-8-17/h2-9,12,15H,10-11,13-14,16H2,1H3,(H,24,27). The molecule has 0 saturated carbocycles. The molecule has 1 fully saturated rings. The van der Waals surface area contributed by atoms with Gasteiger partial charge in [0, 0.05) is 26.5 Å². The highest BCUT2D eigenvalue weighted by Gasteiger charge is 2.41. The van der Waals surface area contributed by atoms with Crippen molar-refractivity contribution in [1.82, 2.24) is 20.1 Å².